The van der Waals surface area contributed by atoms with Crippen LogP contribution in [-0.4, -0.2) is 19.1 Å². The van der Waals surface area contributed by atoms with Gasteiger partial charge < -0.3 is 14.8 Å². The molecule has 30 heavy (non-hydrogen) atoms. The maximum atomic E-state index is 12.9. The normalized spacial score (nSPS) is 11.8. The van der Waals surface area contributed by atoms with Crippen molar-refractivity contribution in [2.75, 3.05) is 12.4 Å². The number of hydrogen-bond acceptors (Lipinski definition) is 3. The van der Waals surface area contributed by atoms with E-state index in [1.165, 1.54) is 0 Å². The SMILES string of the molecule is COc1ccccc1C(CC(=O)Nc1cccc(Br)c1)c1ccc(OC(C)C)cc1. The van der Waals surface area contributed by atoms with Gasteiger partial charge in [-0.1, -0.05) is 52.3 Å². The van der Waals surface area contributed by atoms with E-state index < -0.39 is 0 Å². The second-order valence-corrected chi connectivity index (χ2v) is 8.21. The van der Waals surface area contributed by atoms with Crippen molar-refractivity contribution in [1.29, 1.82) is 0 Å². The van der Waals surface area contributed by atoms with Crippen molar-refractivity contribution in [2.45, 2.75) is 32.3 Å². The molecule has 3 aromatic rings. The van der Waals surface area contributed by atoms with E-state index in [2.05, 4.69) is 21.2 Å². The van der Waals surface area contributed by atoms with Gasteiger partial charge in [-0.05, 0) is 55.8 Å². The lowest BCUT2D eigenvalue weighted by molar-refractivity contribution is -0.116. The third-order valence-electron chi connectivity index (χ3n) is 4.67. The summed E-state index contributed by atoms with van der Waals surface area (Å²) in [4.78, 5) is 12.9. The van der Waals surface area contributed by atoms with Crippen LogP contribution >= 0.6 is 15.9 Å². The summed E-state index contributed by atoms with van der Waals surface area (Å²) in [7, 11) is 1.65. The lowest BCUT2D eigenvalue weighted by atomic mass is 9.87. The van der Waals surface area contributed by atoms with Crippen LogP contribution in [0.15, 0.2) is 77.3 Å². The molecule has 0 radical (unpaired) electrons. The summed E-state index contributed by atoms with van der Waals surface area (Å²) in [6, 6.07) is 23.3. The van der Waals surface area contributed by atoms with Crippen molar-refractivity contribution in [3.63, 3.8) is 0 Å². The van der Waals surface area contributed by atoms with Crippen LogP contribution in [0.4, 0.5) is 5.69 Å². The van der Waals surface area contributed by atoms with E-state index in [-0.39, 0.29) is 24.3 Å². The van der Waals surface area contributed by atoms with Crippen molar-refractivity contribution in [2.24, 2.45) is 0 Å². The molecular weight excluding hydrogens is 442 g/mol. The number of para-hydroxylation sites is 1. The molecule has 0 spiro atoms. The molecule has 1 atom stereocenters. The Hall–Kier alpha value is -2.79. The van der Waals surface area contributed by atoms with Gasteiger partial charge in [-0.3, -0.25) is 4.79 Å². The number of anilines is 1. The molecule has 0 aliphatic rings. The fourth-order valence-corrected chi connectivity index (χ4v) is 3.78. The Morgan fingerprint density at radius 2 is 1.73 bits per heavy atom. The van der Waals surface area contributed by atoms with Crippen LogP contribution in [0.5, 0.6) is 11.5 Å². The van der Waals surface area contributed by atoms with Crippen LogP contribution in [0.25, 0.3) is 0 Å². The van der Waals surface area contributed by atoms with E-state index in [9.17, 15) is 4.79 Å². The Bertz CT molecular complexity index is 986. The molecule has 1 unspecified atom stereocenters. The Morgan fingerprint density at radius 3 is 2.40 bits per heavy atom. The van der Waals surface area contributed by atoms with E-state index >= 15 is 0 Å². The molecule has 1 N–H and O–H groups in total. The van der Waals surface area contributed by atoms with Crippen molar-refractivity contribution in [1.82, 2.24) is 0 Å². The standard InChI is InChI=1S/C25H26BrNO3/c1-17(2)30-21-13-11-18(12-14-21)23(22-9-4-5-10-24(22)29-3)16-25(28)27-20-8-6-7-19(26)15-20/h4-15,17,23H,16H2,1-3H3,(H,27,28). The Kier molecular flexibility index (Phi) is 7.52. The number of benzene rings is 3. The minimum Gasteiger partial charge on any atom is -0.496 e. The van der Waals surface area contributed by atoms with E-state index in [0.717, 1.165) is 32.8 Å². The molecule has 0 bridgehead atoms. The average molecular weight is 468 g/mol. The van der Waals surface area contributed by atoms with Crippen molar-refractivity contribution >= 4 is 27.5 Å². The van der Waals surface area contributed by atoms with Crippen LogP contribution in [0.3, 0.4) is 0 Å². The number of amides is 1. The van der Waals surface area contributed by atoms with Gasteiger partial charge >= 0.3 is 0 Å². The molecule has 0 aromatic heterocycles. The lowest BCUT2D eigenvalue weighted by Crippen LogP contribution is -2.17. The van der Waals surface area contributed by atoms with Crippen LogP contribution in [-0.2, 0) is 4.79 Å². The number of nitrogens with one attached hydrogen (secondary N) is 1. The number of methoxy groups -OCH3 is 1. The molecule has 0 heterocycles. The fraction of sp³-hybridized carbons (Fsp3) is 0.240. The van der Waals surface area contributed by atoms with E-state index in [4.69, 9.17) is 9.47 Å². The first-order valence-corrected chi connectivity index (χ1v) is 10.7. The highest BCUT2D eigenvalue weighted by atomic mass is 79.9. The predicted octanol–water partition coefficient (Wildman–Crippen LogP) is 6.41. The van der Waals surface area contributed by atoms with Gasteiger partial charge in [0.25, 0.3) is 0 Å². The minimum absolute atomic E-state index is 0.0634. The molecule has 3 aromatic carbocycles. The lowest BCUT2D eigenvalue weighted by Gasteiger charge is -2.21. The van der Waals surface area contributed by atoms with Gasteiger partial charge in [-0.2, -0.15) is 0 Å². The highest BCUT2D eigenvalue weighted by Crippen LogP contribution is 2.35. The average Bonchev–Trinajstić information content (AvgIpc) is 2.72. The molecule has 4 nitrogen and oxygen atoms in total. The fourth-order valence-electron chi connectivity index (χ4n) is 3.38. The van der Waals surface area contributed by atoms with Gasteiger partial charge in [0.05, 0.1) is 13.2 Å². The first kappa shape index (κ1) is 21.9. The number of carbonyl (C=O) groups excluding carboxylic acids is 1. The van der Waals surface area contributed by atoms with E-state index in [1.54, 1.807) is 7.11 Å². The first-order valence-electron chi connectivity index (χ1n) is 9.91. The molecule has 5 heteroatoms. The second kappa shape index (κ2) is 10.3. The predicted molar refractivity (Wildman–Crippen MR) is 124 cm³/mol. The van der Waals surface area contributed by atoms with E-state index in [1.807, 2.05) is 86.6 Å². The largest absolute Gasteiger partial charge is 0.496 e. The quantitative estimate of drug-likeness (QED) is 0.416. The number of hydrogen-bond donors (Lipinski definition) is 1. The van der Waals surface area contributed by atoms with Gasteiger partial charge in [0.1, 0.15) is 11.5 Å². The number of halogens is 1. The van der Waals surface area contributed by atoms with Crippen LogP contribution < -0.4 is 14.8 Å². The monoisotopic (exact) mass is 467 g/mol. The molecule has 0 aliphatic heterocycles. The van der Waals surface area contributed by atoms with Crippen molar-refractivity contribution < 1.29 is 14.3 Å². The van der Waals surface area contributed by atoms with E-state index in [0.29, 0.717) is 0 Å². The van der Waals surface area contributed by atoms with Crippen molar-refractivity contribution in [3.8, 4) is 11.5 Å². The summed E-state index contributed by atoms with van der Waals surface area (Å²) >= 11 is 3.44. The van der Waals surface area contributed by atoms with Crippen LogP contribution in [0.2, 0.25) is 0 Å². The summed E-state index contributed by atoms with van der Waals surface area (Å²) in [5, 5.41) is 2.99. The van der Waals surface area contributed by atoms with Crippen LogP contribution in [0, 0.1) is 0 Å². The summed E-state index contributed by atoms with van der Waals surface area (Å²) < 4.78 is 12.3. The van der Waals surface area contributed by atoms with Gasteiger partial charge in [-0.15, -0.1) is 0 Å². The molecule has 0 fully saturated rings. The summed E-state index contributed by atoms with van der Waals surface area (Å²) in [5.41, 5.74) is 2.76. The summed E-state index contributed by atoms with van der Waals surface area (Å²) in [6.07, 6.45) is 0.397. The molecular formula is C25H26BrNO3. The molecule has 1 amide bonds. The molecule has 0 aliphatic carbocycles. The highest BCUT2D eigenvalue weighted by Gasteiger charge is 2.22. The van der Waals surface area contributed by atoms with Gasteiger partial charge in [-0.25, -0.2) is 0 Å². The number of ether oxygens (including phenoxy) is 2. The Morgan fingerprint density at radius 1 is 1.00 bits per heavy atom. The maximum Gasteiger partial charge on any atom is 0.225 e. The summed E-state index contributed by atoms with van der Waals surface area (Å²) in [6.45, 7) is 4.00. The molecule has 0 saturated carbocycles. The van der Waals surface area contributed by atoms with Crippen LogP contribution in [0.1, 0.15) is 37.3 Å². The Balaban J connectivity index is 1.88. The third kappa shape index (κ3) is 5.86. The first-order chi connectivity index (χ1) is 14.5. The zero-order valence-corrected chi connectivity index (χ0v) is 19.0. The molecule has 156 valence electrons. The maximum absolute atomic E-state index is 12.9. The smallest absolute Gasteiger partial charge is 0.225 e. The molecule has 0 saturated heterocycles. The molecule has 3 rings (SSSR count). The zero-order valence-electron chi connectivity index (χ0n) is 17.4. The topological polar surface area (TPSA) is 47.6 Å². The Labute approximate surface area is 186 Å². The minimum atomic E-state index is -0.151. The second-order valence-electron chi connectivity index (χ2n) is 7.29. The van der Waals surface area contributed by atoms with Gasteiger partial charge in [0.15, 0.2) is 0 Å². The third-order valence-corrected chi connectivity index (χ3v) is 5.16. The number of rotatable bonds is 8. The van der Waals surface area contributed by atoms with Crippen molar-refractivity contribution in [3.05, 3.63) is 88.4 Å². The van der Waals surface area contributed by atoms with Gasteiger partial charge in [0.2, 0.25) is 5.91 Å². The summed E-state index contributed by atoms with van der Waals surface area (Å²) in [5.74, 6) is 1.36. The zero-order chi connectivity index (χ0) is 21.5. The highest BCUT2D eigenvalue weighted by molar-refractivity contribution is 9.10. The van der Waals surface area contributed by atoms with Gasteiger partial charge in [0, 0.05) is 28.1 Å². The number of carbonyl (C=O) groups is 1.